The van der Waals surface area contributed by atoms with Crippen molar-refractivity contribution in [1.82, 2.24) is 4.90 Å². The van der Waals surface area contributed by atoms with Crippen molar-refractivity contribution in [3.63, 3.8) is 0 Å². The van der Waals surface area contributed by atoms with Gasteiger partial charge in [-0.1, -0.05) is 43.2 Å². The number of carbonyl (C=O) groups is 1. The predicted molar refractivity (Wildman–Crippen MR) is 108 cm³/mol. The van der Waals surface area contributed by atoms with Gasteiger partial charge in [0, 0.05) is 6.04 Å². The Morgan fingerprint density at radius 1 is 1.08 bits per heavy atom. The first-order chi connectivity index (χ1) is 12.6. The molecule has 26 heavy (non-hydrogen) atoms. The normalized spacial score (nSPS) is 20.0. The highest BCUT2D eigenvalue weighted by atomic mass is 32.2. The maximum Gasteiger partial charge on any atom is 0.266 e. The van der Waals surface area contributed by atoms with Crippen molar-refractivity contribution in [3.8, 4) is 17.2 Å². The highest BCUT2D eigenvalue weighted by Crippen LogP contribution is 2.41. The van der Waals surface area contributed by atoms with Crippen LogP contribution in [0.2, 0.25) is 0 Å². The number of benzene rings is 1. The quantitative estimate of drug-likeness (QED) is 0.551. The molecule has 1 aliphatic carbocycles. The molecular formula is C19H23NO4S2. The Hall–Kier alpha value is -1.73. The van der Waals surface area contributed by atoms with Gasteiger partial charge in [0.1, 0.15) is 4.32 Å². The largest absolute Gasteiger partial charge is 0.493 e. The maximum absolute atomic E-state index is 12.9. The molecule has 0 aromatic heterocycles. The van der Waals surface area contributed by atoms with E-state index in [1.165, 1.54) is 18.2 Å². The van der Waals surface area contributed by atoms with Gasteiger partial charge in [0.25, 0.3) is 5.91 Å². The number of thioether (sulfide) groups is 1. The lowest BCUT2D eigenvalue weighted by Crippen LogP contribution is -2.39. The van der Waals surface area contributed by atoms with Crippen LogP contribution in [-0.4, -0.2) is 42.5 Å². The molecule has 1 saturated heterocycles. The monoisotopic (exact) mass is 393 g/mol. The summed E-state index contributed by atoms with van der Waals surface area (Å²) in [6.45, 7) is 0. The van der Waals surface area contributed by atoms with Gasteiger partial charge in [-0.25, -0.2) is 0 Å². The number of hydrogen-bond donors (Lipinski definition) is 0. The average Bonchev–Trinajstić information content (AvgIpc) is 2.94. The smallest absolute Gasteiger partial charge is 0.266 e. The van der Waals surface area contributed by atoms with Crippen LogP contribution in [0.3, 0.4) is 0 Å². The lowest BCUT2D eigenvalue weighted by atomic mass is 9.94. The van der Waals surface area contributed by atoms with Crippen LogP contribution in [0.15, 0.2) is 17.0 Å². The second-order valence-electron chi connectivity index (χ2n) is 6.30. The lowest BCUT2D eigenvalue weighted by Gasteiger charge is -2.29. The number of carbonyl (C=O) groups excluding carboxylic acids is 1. The lowest BCUT2D eigenvalue weighted by molar-refractivity contribution is -0.124. The predicted octanol–water partition coefficient (Wildman–Crippen LogP) is 4.25. The van der Waals surface area contributed by atoms with Crippen molar-refractivity contribution < 1.29 is 19.0 Å². The number of amides is 1. The fourth-order valence-electron chi connectivity index (χ4n) is 3.47. The molecule has 1 amide bonds. The van der Waals surface area contributed by atoms with Gasteiger partial charge in [0.2, 0.25) is 5.75 Å². The van der Waals surface area contributed by atoms with Gasteiger partial charge in [0.15, 0.2) is 11.5 Å². The molecule has 2 fully saturated rings. The van der Waals surface area contributed by atoms with E-state index in [0.717, 1.165) is 31.2 Å². The van der Waals surface area contributed by atoms with Gasteiger partial charge in [-0.3, -0.25) is 9.69 Å². The Morgan fingerprint density at radius 3 is 2.23 bits per heavy atom. The Morgan fingerprint density at radius 2 is 1.69 bits per heavy atom. The molecule has 2 aliphatic rings. The van der Waals surface area contributed by atoms with Crippen molar-refractivity contribution in [1.29, 1.82) is 0 Å². The molecule has 7 heteroatoms. The minimum Gasteiger partial charge on any atom is -0.493 e. The Balaban J connectivity index is 1.90. The number of rotatable bonds is 5. The molecule has 3 rings (SSSR count). The van der Waals surface area contributed by atoms with E-state index in [1.54, 1.807) is 21.3 Å². The summed E-state index contributed by atoms with van der Waals surface area (Å²) >= 11 is 6.85. The molecule has 0 atom stereocenters. The maximum atomic E-state index is 12.9. The van der Waals surface area contributed by atoms with E-state index in [4.69, 9.17) is 26.4 Å². The molecule has 1 saturated carbocycles. The van der Waals surface area contributed by atoms with E-state index >= 15 is 0 Å². The molecular weight excluding hydrogens is 370 g/mol. The summed E-state index contributed by atoms with van der Waals surface area (Å²) in [7, 11) is 4.71. The summed E-state index contributed by atoms with van der Waals surface area (Å²) in [6, 6.07) is 3.89. The third-order valence-corrected chi connectivity index (χ3v) is 6.08. The van der Waals surface area contributed by atoms with Crippen molar-refractivity contribution in [2.24, 2.45) is 0 Å². The van der Waals surface area contributed by atoms with Crippen LogP contribution in [0.4, 0.5) is 0 Å². The van der Waals surface area contributed by atoms with E-state index in [0.29, 0.717) is 26.5 Å². The number of hydrogen-bond acceptors (Lipinski definition) is 6. The van der Waals surface area contributed by atoms with Crippen LogP contribution >= 0.6 is 24.0 Å². The summed E-state index contributed by atoms with van der Waals surface area (Å²) in [6.07, 6.45) is 7.47. The molecule has 0 spiro atoms. The van der Waals surface area contributed by atoms with E-state index in [1.807, 2.05) is 23.1 Å². The molecule has 1 aromatic carbocycles. The summed E-state index contributed by atoms with van der Waals surface area (Å²) < 4.78 is 16.8. The molecule has 0 N–H and O–H groups in total. The van der Waals surface area contributed by atoms with Crippen LogP contribution in [0, 0.1) is 0 Å². The van der Waals surface area contributed by atoms with Gasteiger partial charge in [-0.2, -0.15) is 0 Å². The van der Waals surface area contributed by atoms with Gasteiger partial charge < -0.3 is 14.2 Å². The van der Waals surface area contributed by atoms with Crippen LogP contribution in [0.5, 0.6) is 17.2 Å². The first-order valence-corrected chi connectivity index (χ1v) is 9.88. The first-order valence-electron chi connectivity index (χ1n) is 8.66. The Kier molecular flexibility index (Phi) is 6.09. The van der Waals surface area contributed by atoms with Gasteiger partial charge in [-0.15, -0.1) is 0 Å². The molecule has 1 heterocycles. The number of thiocarbonyl (C=S) groups is 1. The van der Waals surface area contributed by atoms with Gasteiger partial charge >= 0.3 is 0 Å². The number of methoxy groups -OCH3 is 3. The van der Waals surface area contributed by atoms with E-state index in [-0.39, 0.29) is 11.9 Å². The topological polar surface area (TPSA) is 48.0 Å². The molecule has 140 valence electrons. The van der Waals surface area contributed by atoms with Crippen molar-refractivity contribution in [2.75, 3.05) is 21.3 Å². The summed E-state index contributed by atoms with van der Waals surface area (Å²) in [5.74, 6) is 1.64. The molecule has 0 radical (unpaired) electrons. The van der Waals surface area contributed by atoms with E-state index in [9.17, 15) is 4.79 Å². The minimum absolute atomic E-state index is 0.000603. The molecule has 5 nitrogen and oxygen atoms in total. The first kappa shape index (κ1) is 19.0. The molecule has 0 bridgehead atoms. The van der Waals surface area contributed by atoms with Crippen LogP contribution in [0.25, 0.3) is 6.08 Å². The fourth-order valence-corrected chi connectivity index (χ4v) is 4.87. The zero-order valence-electron chi connectivity index (χ0n) is 15.2. The molecule has 0 unspecified atom stereocenters. The van der Waals surface area contributed by atoms with Crippen molar-refractivity contribution in [3.05, 3.63) is 22.6 Å². The highest BCUT2D eigenvalue weighted by Gasteiger charge is 2.37. The Bertz CT molecular complexity index is 716. The third kappa shape index (κ3) is 3.69. The van der Waals surface area contributed by atoms with Gasteiger partial charge in [0.05, 0.1) is 26.2 Å². The molecule has 1 aliphatic heterocycles. The summed E-state index contributed by atoms with van der Waals surface area (Å²) in [4.78, 5) is 15.4. The SMILES string of the molecule is COc1cc(/C=C2/SC(=S)N(C3CCCCC3)C2=O)cc(OC)c1OC. The third-order valence-electron chi connectivity index (χ3n) is 4.75. The second-order valence-corrected chi connectivity index (χ2v) is 7.98. The van der Waals surface area contributed by atoms with Crippen LogP contribution in [0.1, 0.15) is 37.7 Å². The number of nitrogens with zero attached hydrogens (tertiary/aromatic N) is 1. The average molecular weight is 394 g/mol. The van der Waals surface area contributed by atoms with Crippen LogP contribution < -0.4 is 14.2 Å². The zero-order chi connectivity index (χ0) is 18.7. The van der Waals surface area contributed by atoms with Crippen molar-refractivity contribution in [2.45, 2.75) is 38.1 Å². The summed E-state index contributed by atoms with van der Waals surface area (Å²) in [5.41, 5.74) is 0.809. The van der Waals surface area contributed by atoms with Gasteiger partial charge in [-0.05, 0) is 36.6 Å². The van der Waals surface area contributed by atoms with Crippen molar-refractivity contribution >= 4 is 40.3 Å². The number of ether oxygens (including phenoxy) is 3. The molecule has 1 aromatic rings. The zero-order valence-corrected chi connectivity index (χ0v) is 16.9. The fraction of sp³-hybridized carbons (Fsp3) is 0.474. The summed E-state index contributed by atoms with van der Waals surface area (Å²) in [5, 5.41) is 0. The Labute approximate surface area is 163 Å². The van der Waals surface area contributed by atoms with E-state index < -0.39 is 0 Å². The van der Waals surface area contributed by atoms with Crippen LogP contribution in [-0.2, 0) is 4.79 Å². The highest BCUT2D eigenvalue weighted by molar-refractivity contribution is 8.26. The second kappa shape index (κ2) is 8.31. The minimum atomic E-state index is 0.000603. The van der Waals surface area contributed by atoms with E-state index in [2.05, 4.69) is 0 Å². The standard InChI is InChI=1S/C19H23NO4S2/c1-22-14-9-12(10-15(23-2)17(14)24-3)11-16-18(21)20(19(25)26-16)13-7-5-4-6-8-13/h9-11,13H,4-8H2,1-3H3/b16-11+.